The number of nitrogens with zero attached hydrogens (tertiary/aromatic N) is 3. The fraction of sp³-hybridized carbons (Fsp3) is 0.714. The molecule has 0 rings (SSSR count). The molecule has 0 spiro atoms. The molecule has 6 heteroatoms. The van der Waals surface area contributed by atoms with E-state index in [4.69, 9.17) is 15.5 Å². The topological polar surface area (TPSA) is 87.8 Å². The first-order valence-corrected chi connectivity index (χ1v) is 7.01. The standard InChI is InChI=1S/C14H25N3O3/c1-3-5-16(6-4-2)12-13(11-15)14(20)17(7-9-18)8-10-19/h12,18-19H,3-10H2,1-2H3/b13-12-. The molecule has 0 aromatic heterocycles. The Kier molecular flexibility index (Phi) is 10.4. The lowest BCUT2D eigenvalue weighted by molar-refractivity contribution is -0.127. The van der Waals surface area contributed by atoms with Crippen LogP contribution in [-0.2, 0) is 4.79 Å². The number of hydrogen-bond donors (Lipinski definition) is 2. The van der Waals surface area contributed by atoms with E-state index >= 15 is 0 Å². The summed E-state index contributed by atoms with van der Waals surface area (Å²) in [5, 5.41) is 27.0. The zero-order valence-corrected chi connectivity index (χ0v) is 12.4. The van der Waals surface area contributed by atoms with Crippen molar-refractivity contribution in [3.8, 4) is 6.07 Å². The van der Waals surface area contributed by atoms with Gasteiger partial charge in [-0.1, -0.05) is 13.8 Å². The van der Waals surface area contributed by atoms with E-state index in [0.717, 1.165) is 25.9 Å². The smallest absolute Gasteiger partial charge is 0.266 e. The van der Waals surface area contributed by atoms with Crippen molar-refractivity contribution in [3.05, 3.63) is 11.8 Å². The van der Waals surface area contributed by atoms with Gasteiger partial charge in [0.1, 0.15) is 11.6 Å². The van der Waals surface area contributed by atoms with Crippen LogP contribution >= 0.6 is 0 Å². The van der Waals surface area contributed by atoms with Gasteiger partial charge in [-0.05, 0) is 12.8 Å². The van der Waals surface area contributed by atoms with Crippen molar-refractivity contribution in [3.63, 3.8) is 0 Å². The number of rotatable bonds is 10. The lowest BCUT2D eigenvalue weighted by atomic mass is 10.2. The monoisotopic (exact) mass is 283 g/mol. The largest absolute Gasteiger partial charge is 0.395 e. The molecule has 0 heterocycles. The molecule has 6 nitrogen and oxygen atoms in total. The van der Waals surface area contributed by atoms with Gasteiger partial charge in [-0.3, -0.25) is 4.79 Å². The van der Waals surface area contributed by atoms with Gasteiger partial charge in [-0.25, -0.2) is 0 Å². The Morgan fingerprint density at radius 3 is 1.95 bits per heavy atom. The van der Waals surface area contributed by atoms with Crippen molar-refractivity contribution in [2.75, 3.05) is 39.4 Å². The highest BCUT2D eigenvalue weighted by atomic mass is 16.3. The van der Waals surface area contributed by atoms with Gasteiger partial charge in [0.25, 0.3) is 5.91 Å². The summed E-state index contributed by atoms with van der Waals surface area (Å²) >= 11 is 0. The number of carbonyl (C=O) groups is 1. The van der Waals surface area contributed by atoms with E-state index in [1.165, 1.54) is 4.90 Å². The maximum absolute atomic E-state index is 12.2. The van der Waals surface area contributed by atoms with Crippen LogP contribution < -0.4 is 0 Å². The third-order valence-corrected chi connectivity index (χ3v) is 2.71. The third kappa shape index (κ3) is 6.55. The van der Waals surface area contributed by atoms with Crippen LogP contribution in [0.15, 0.2) is 11.8 Å². The van der Waals surface area contributed by atoms with E-state index in [0.29, 0.717) is 0 Å². The highest BCUT2D eigenvalue weighted by Crippen LogP contribution is 2.05. The summed E-state index contributed by atoms with van der Waals surface area (Å²) in [6, 6.07) is 1.91. The molecule has 0 aliphatic rings. The number of carbonyl (C=O) groups excluding carboxylic acids is 1. The SMILES string of the molecule is CCCN(/C=C(/C#N)C(=O)N(CCO)CCO)CCC. The first-order chi connectivity index (χ1) is 9.64. The van der Waals surface area contributed by atoms with Crippen LogP contribution in [0, 0.1) is 11.3 Å². The summed E-state index contributed by atoms with van der Waals surface area (Å²) in [5.41, 5.74) is 0.0359. The lowest BCUT2D eigenvalue weighted by Gasteiger charge is -2.23. The molecule has 2 N–H and O–H groups in total. The van der Waals surface area contributed by atoms with E-state index in [1.807, 2.05) is 24.8 Å². The Morgan fingerprint density at radius 1 is 1.10 bits per heavy atom. The molecule has 0 radical (unpaired) electrons. The minimum absolute atomic E-state index is 0.0359. The molecule has 114 valence electrons. The Morgan fingerprint density at radius 2 is 1.60 bits per heavy atom. The van der Waals surface area contributed by atoms with Crippen molar-refractivity contribution >= 4 is 5.91 Å². The zero-order chi connectivity index (χ0) is 15.4. The predicted molar refractivity (Wildman–Crippen MR) is 76.6 cm³/mol. The second-order valence-corrected chi connectivity index (χ2v) is 4.43. The van der Waals surface area contributed by atoms with Gasteiger partial charge in [0.2, 0.25) is 0 Å². The Balaban J connectivity index is 5.00. The van der Waals surface area contributed by atoms with E-state index in [-0.39, 0.29) is 31.9 Å². The molecule has 0 aliphatic carbocycles. The molecular weight excluding hydrogens is 258 g/mol. The van der Waals surface area contributed by atoms with E-state index in [1.54, 1.807) is 6.20 Å². The first kappa shape index (κ1) is 18.4. The fourth-order valence-corrected chi connectivity index (χ4v) is 1.86. The lowest BCUT2D eigenvalue weighted by Crippen LogP contribution is -2.37. The van der Waals surface area contributed by atoms with E-state index in [2.05, 4.69) is 0 Å². The number of hydrogen-bond acceptors (Lipinski definition) is 5. The molecule has 0 aromatic rings. The number of amides is 1. The summed E-state index contributed by atoms with van der Waals surface area (Å²) in [5.74, 6) is -0.451. The molecule has 0 atom stereocenters. The highest BCUT2D eigenvalue weighted by Gasteiger charge is 2.18. The van der Waals surface area contributed by atoms with Crippen LogP contribution in [0.2, 0.25) is 0 Å². The Bertz CT molecular complexity index is 338. The summed E-state index contributed by atoms with van der Waals surface area (Å²) in [6.07, 6.45) is 3.44. The first-order valence-electron chi connectivity index (χ1n) is 7.01. The van der Waals surface area contributed by atoms with Gasteiger partial charge in [0.15, 0.2) is 0 Å². The average molecular weight is 283 g/mol. The molecule has 0 saturated heterocycles. The van der Waals surface area contributed by atoms with Crippen LogP contribution in [-0.4, -0.2) is 65.3 Å². The number of aliphatic hydroxyl groups is 2. The number of aliphatic hydroxyl groups excluding tert-OH is 2. The van der Waals surface area contributed by atoms with Gasteiger partial charge in [0, 0.05) is 32.4 Å². The Hall–Kier alpha value is -1.58. The average Bonchev–Trinajstić information content (AvgIpc) is 2.44. The second kappa shape index (κ2) is 11.3. The van der Waals surface area contributed by atoms with Crippen LogP contribution in [0.3, 0.4) is 0 Å². The Labute approximate surface area is 120 Å². The molecule has 0 aromatic carbocycles. The van der Waals surface area contributed by atoms with Crippen molar-refractivity contribution in [2.45, 2.75) is 26.7 Å². The van der Waals surface area contributed by atoms with Gasteiger partial charge in [-0.2, -0.15) is 5.26 Å². The van der Waals surface area contributed by atoms with E-state index < -0.39 is 5.91 Å². The second-order valence-electron chi connectivity index (χ2n) is 4.43. The molecular formula is C14H25N3O3. The van der Waals surface area contributed by atoms with Gasteiger partial charge in [-0.15, -0.1) is 0 Å². The number of nitriles is 1. The fourth-order valence-electron chi connectivity index (χ4n) is 1.86. The zero-order valence-electron chi connectivity index (χ0n) is 12.4. The quantitative estimate of drug-likeness (QED) is 0.445. The molecule has 1 amide bonds. The van der Waals surface area contributed by atoms with Crippen LogP contribution in [0.4, 0.5) is 0 Å². The van der Waals surface area contributed by atoms with Gasteiger partial charge >= 0.3 is 0 Å². The molecule has 0 fully saturated rings. The minimum Gasteiger partial charge on any atom is -0.395 e. The molecule has 0 unspecified atom stereocenters. The normalized spacial score (nSPS) is 11.1. The van der Waals surface area contributed by atoms with Crippen LogP contribution in [0.1, 0.15) is 26.7 Å². The predicted octanol–water partition coefficient (Wildman–Crippen LogP) is 0.329. The highest BCUT2D eigenvalue weighted by molar-refractivity contribution is 5.97. The van der Waals surface area contributed by atoms with Crippen molar-refractivity contribution < 1.29 is 15.0 Å². The third-order valence-electron chi connectivity index (χ3n) is 2.71. The van der Waals surface area contributed by atoms with Gasteiger partial charge in [0.05, 0.1) is 13.2 Å². The minimum atomic E-state index is -0.451. The van der Waals surface area contributed by atoms with Crippen LogP contribution in [0.5, 0.6) is 0 Å². The summed E-state index contributed by atoms with van der Waals surface area (Å²) in [6.45, 7) is 5.47. The summed E-state index contributed by atoms with van der Waals surface area (Å²) < 4.78 is 0. The molecule has 0 aliphatic heterocycles. The molecule has 0 bridgehead atoms. The maximum atomic E-state index is 12.2. The van der Waals surface area contributed by atoms with Gasteiger partial charge < -0.3 is 20.0 Å². The van der Waals surface area contributed by atoms with Crippen LogP contribution in [0.25, 0.3) is 0 Å². The van der Waals surface area contributed by atoms with Crippen molar-refractivity contribution in [2.24, 2.45) is 0 Å². The maximum Gasteiger partial charge on any atom is 0.266 e. The van der Waals surface area contributed by atoms with Crippen molar-refractivity contribution in [1.82, 2.24) is 9.80 Å². The van der Waals surface area contributed by atoms with Crippen molar-refractivity contribution in [1.29, 1.82) is 5.26 Å². The molecule has 0 saturated carbocycles. The summed E-state index contributed by atoms with van der Waals surface area (Å²) in [7, 11) is 0. The van der Waals surface area contributed by atoms with E-state index in [9.17, 15) is 4.79 Å². The summed E-state index contributed by atoms with van der Waals surface area (Å²) in [4.78, 5) is 15.4. The molecule has 20 heavy (non-hydrogen) atoms.